The average Bonchev–Trinajstić information content (AvgIpc) is 3.39. The van der Waals surface area contributed by atoms with Crippen molar-refractivity contribution in [2.75, 3.05) is 19.8 Å². The van der Waals surface area contributed by atoms with E-state index in [9.17, 15) is 10.2 Å². The van der Waals surface area contributed by atoms with Crippen LogP contribution >= 0.6 is 0 Å². The van der Waals surface area contributed by atoms with Crippen molar-refractivity contribution in [3.05, 3.63) is 108 Å². The first kappa shape index (κ1) is 25.1. The molecule has 0 radical (unpaired) electrons. The highest BCUT2D eigenvalue weighted by atomic mass is 16.5. The summed E-state index contributed by atoms with van der Waals surface area (Å²) < 4.78 is 19.3. The van der Waals surface area contributed by atoms with Gasteiger partial charge in [0.2, 0.25) is 0 Å². The van der Waals surface area contributed by atoms with Crippen molar-refractivity contribution in [2.45, 2.75) is 50.2 Å². The van der Waals surface area contributed by atoms with Gasteiger partial charge >= 0.3 is 0 Å². The van der Waals surface area contributed by atoms with E-state index in [2.05, 4.69) is 17.0 Å². The molecule has 2 saturated heterocycles. The van der Waals surface area contributed by atoms with Crippen LogP contribution < -0.4 is 0 Å². The summed E-state index contributed by atoms with van der Waals surface area (Å²) in [4.78, 5) is 2.24. The van der Waals surface area contributed by atoms with Gasteiger partial charge in [-0.1, -0.05) is 91.0 Å². The van der Waals surface area contributed by atoms with E-state index in [1.54, 1.807) is 0 Å². The second-order valence-electron chi connectivity index (χ2n) is 9.69. The molecule has 6 atom stereocenters. The zero-order valence-electron chi connectivity index (χ0n) is 20.4. The van der Waals surface area contributed by atoms with Crippen LogP contribution in [0.4, 0.5) is 0 Å². The monoisotopic (exact) mass is 489 g/mol. The molecular formula is C30H35NO5. The van der Waals surface area contributed by atoms with Crippen LogP contribution in [0.3, 0.4) is 0 Å². The van der Waals surface area contributed by atoms with Crippen LogP contribution in [0.2, 0.25) is 0 Å². The number of aliphatic hydroxyl groups is 2. The smallest absolute Gasteiger partial charge is 0.103 e. The maximum atomic E-state index is 10.8. The number of rotatable bonds is 11. The fraction of sp³-hybridized carbons (Fsp3) is 0.400. The molecule has 0 aromatic heterocycles. The summed E-state index contributed by atoms with van der Waals surface area (Å²) in [6.45, 7) is 2.21. The molecule has 0 aliphatic carbocycles. The average molecular weight is 490 g/mol. The van der Waals surface area contributed by atoms with Gasteiger partial charge in [-0.25, -0.2) is 0 Å². The predicted octanol–water partition coefficient (Wildman–Crippen LogP) is 3.41. The van der Waals surface area contributed by atoms with Crippen LogP contribution in [0.5, 0.6) is 0 Å². The van der Waals surface area contributed by atoms with Gasteiger partial charge in [0.05, 0.1) is 45.2 Å². The van der Waals surface area contributed by atoms with Gasteiger partial charge in [-0.05, 0) is 16.7 Å². The summed E-state index contributed by atoms with van der Waals surface area (Å²) in [6.07, 6.45) is -1.20. The Hall–Kier alpha value is -2.58. The van der Waals surface area contributed by atoms with E-state index in [0.717, 1.165) is 16.7 Å². The fourth-order valence-corrected chi connectivity index (χ4v) is 5.56. The minimum atomic E-state index is -0.616. The number of hydrogen-bond acceptors (Lipinski definition) is 6. The van der Waals surface area contributed by atoms with E-state index < -0.39 is 6.10 Å². The van der Waals surface area contributed by atoms with Crippen molar-refractivity contribution in [2.24, 2.45) is 5.92 Å². The Morgan fingerprint density at radius 2 is 1.19 bits per heavy atom. The molecule has 0 amide bonds. The third kappa shape index (κ3) is 5.70. The number of hydrogen-bond donors (Lipinski definition) is 2. The van der Waals surface area contributed by atoms with E-state index in [1.165, 1.54) is 0 Å². The van der Waals surface area contributed by atoms with Gasteiger partial charge in [-0.2, -0.15) is 0 Å². The summed E-state index contributed by atoms with van der Waals surface area (Å²) in [5, 5.41) is 21.0. The largest absolute Gasteiger partial charge is 0.396 e. The zero-order valence-corrected chi connectivity index (χ0v) is 20.4. The molecule has 2 fully saturated rings. The van der Waals surface area contributed by atoms with Gasteiger partial charge in [0, 0.05) is 18.5 Å². The first-order chi connectivity index (χ1) is 17.7. The summed E-state index contributed by atoms with van der Waals surface area (Å²) in [5.41, 5.74) is 3.28. The maximum Gasteiger partial charge on any atom is 0.103 e. The molecule has 2 N–H and O–H groups in total. The predicted molar refractivity (Wildman–Crippen MR) is 137 cm³/mol. The molecule has 190 valence electrons. The highest BCUT2D eigenvalue weighted by Crippen LogP contribution is 2.41. The van der Waals surface area contributed by atoms with Gasteiger partial charge in [-0.3, -0.25) is 4.90 Å². The summed E-state index contributed by atoms with van der Waals surface area (Å²) in [6, 6.07) is 30.0. The summed E-state index contributed by atoms with van der Waals surface area (Å²) >= 11 is 0. The highest BCUT2D eigenvalue weighted by molar-refractivity contribution is 5.17. The van der Waals surface area contributed by atoms with Gasteiger partial charge in [0.15, 0.2) is 0 Å². The van der Waals surface area contributed by atoms with E-state index in [1.807, 2.05) is 78.9 Å². The third-order valence-corrected chi connectivity index (χ3v) is 7.36. The highest BCUT2D eigenvalue weighted by Gasteiger charge is 2.58. The second kappa shape index (κ2) is 12.1. The molecule has 6 heteroatoms. The number of fused-ring (bicyclic) bond motifs is 1. The summed E-state index contributed by atoms with van der Waals surface area (Å²) in [5.74, 6) is -0.298. The topological polar surface area (TPSA) is 71.4 Å². The van der Waals surface area contributed by atoms with Crippen LogP contribution in [0.15, 0.2) is 91.0 Å². The Kier molecular flexibility index (Phi) is 8.43. The molecule has 6 nitrogen and oxygen atoms in total. The molecule has 3 aromatic carbocycles. The normalized spacial score (nSPS) is 27.8. The van der Waals surface area contributed by atoms with Crippen molar-refractivity contribution in [3.8, 4) is 0 Å². The Morgan fingerprint density at radius 3 is 1.72 bits per heavy atom. The van der Waals surface area contributed by atoms with Gasteiger partial charge in [0.25, 0.3) is 0 Å². The van der Waals surface area contributed by atoms with Crippen LogP contribution in [-0.2, 0) is 34.0 Å². The summed E-state index contributed by atoms with van der Waals surface area (Å²) in [7, 11) is 0. The van der Waals surface area contributed by atoms with Crippen LogP contribution in [-0.4, -0.2) is 65.3 Å². The molecule has 0 saturated carbocycles. The van der Waals surface area contributed by atoms with Crippen molar-refractivity contribution in [1.29, 1.82) is 0 Å². The molecule has 36 heavy (non-hydrogen) atoms. The van der Waals surface area contributed by atoms with Crippen LogP contribution in [0.25, 0.3) is 0 Å². The van der Waals surface area contributed by atoms with E-state index in [-0.39, 0.29) is 36.8 Å². The number of ether oxygens (including phenoxy) is 3. The standard InChI is InChI=1S/C30H35NO5/c32-17-25-27(33)16-31-26(21-34-18-22-10-4-1-5-11-22)29(35-19-23-12-6-2-7-13-23)30(28(25)31)36-20-24-14-8-3-9-15-24/h1-15,25-30,32-33H,16-21H2/t25-,26-,27+,28-,29-,30-/m1/s1. The van der Waals surface area contributed by atoms with Crippen molar-refractivity contribution < 1.29 is 24.4 Å². The van der Waals surface area contributed by atoms with Crippen molar-refractivity contribution >= 4 is 0 Å². The second-order valence-corrected chi connectivity index (χ2v) is 9.69. The first-order valence-electron chi connectivity index (χ1n) is 12.7. The molecule has 0 spiro atoms. The van der Waals surface area contributed by atoms with E-state index >= 15 is 0 Å². The molecule has 2 aliphatic rings. The Morgan fingerprint density at radius 1 is 0.694 bits per heavy atom. The molecule has 3 aromatic rings. The van der Waals surface area contributed by atoms with Crippen LogP contribution in [0.1, 0.15) is 16.7 Å². The first-order valence-corrected chi connectivity index (χ1v) is 12.7. The Labute approximate surface area is 213 Å². The maximum absolute atomic E-state index is 10.8. The van der Waals surface area contributed by atoms with Gasteiger partial charge in [-0.15, -0.1) is 0 Å². The number of aliphatic hydroxyl groups excluding tert-OH is 2. The Bertz CT molecular complexity index is 1050. The SMILES string of the molecule is OC[C@H]1[C@@H]2[C@@H](OCc3ccccc3)[C@H](OCc3ccccc3)[C@@H](COCc3ccccc3)N2C[C@@H]1O. The fourth-order valence-electron chi connectivity index (χ4n) is 5.56. The molecule has 5 rings (SSSR count). The number of nitrogens with zero attached hydrogens (tertiary/aromatic N) is 1. The zero-order chi connectivity index (χ0) is 24.7. The lowest BCUT2D eigenvalue weighted by Gasteiger charge is -2.29. The quantitative estimate of drug-likeness (QED) is 0.430. The van der Waals surface area contributed by atoms with Crippen molar-refractivity contribution in [3.63, 3.8) is 0 Å². The minimum Gasteiger partial charge on any atom is -0.396 e. The third-order valence-electron chi connectivity index (χ3n) is 7.36. The van der Waals surface area contributed by atoms with Gasteiger partial charge in [0.1, 0.15) is 12.2 Å². The molecular weight excluding hydrogens is 454 g/mol. The molecule has 0 unspecified atom stereocenters. The lowest BCUT2D eigenvalue weighted by Crippen LogP contribution is -2.44. The van der Waals surface area contributed by atoms with Gasteiger partial charge < -0.3 is 24.4 Å². The minimum absolute atomic E-state index is 0.101. The number of benzene rings is 3. The lowest BCUT2D eigenvalue weighted by atomic mass is 9.93. The molecule has 2 aliphatic heterocycles. The van der Waals surface area contributed by atoms with E-state index in [4.69, 9.17) is 14.2 Å². The van der Waals surface area contributed by atoms with Crippen LogP contribution in [0, 0.1) is 5.92 Å². The Balaban J connectivity index is 1.37. The lowest BCUT2D eigenvalue weighted by molar-refractivity contribution is -0.0966. The van der Waals surface area contributed by atoms with E-state index in [0.29, 0.717) is 33.0 Å². The molecule has 2 heterocycles. The van der Waals surface area contributed by atoms with Crippen molar-refractivity contribution in [1.82, 2.24) is 4.90 Å². The molecule has 0 bridgehead atoms.